The molecule has 0 fully saturated rings. The summed E-state index contributed by atoms with van der Waals surface area (Å²) in [7, 11) is 0. The van der Waals surface area contributed by atoms with Gasteiger partial charge in [-0.15, -0.1) is 0 Å². The highest BCUT2D eigenvalue weighted by Gasteiger charge is 2.14. The van der Waals surface area contributed by atoms with E-state index >= 15 is 0 Å². The van der Waals surface area contributed by atoms with Crippen LogP contribution in [0.5, 0.6) is 0 Å². The second-order valence-corrected chi connectivity index (χ2v) is 4.83. The average Bonchev–Trinajstić information content (AvgIpc) is 2.91. The SMILES string of the molecule is CCCNC(Cc1ncc[nH]1)c1ccc(Cl)c(F)c1. The Morgan fingerprint density at radius 3 is 2.95 bits per heavy atom. The summed E-state index contributed by atoms with van der Waals surface area (Å²) in [4.78, 5) is 7.28. The third kappa shape index (κ3) is 3.78. The molecule has 1 heterocycles. The second-order valence-electron chi connectivity index (χ2n) is 4.42. The number of benzene rings is 1. The van der Waals surface area contributed by atoms with Crippen LogP contribution in [0, 0.1) is 5.82 Å². The first-order chi connectivity index (χ1) is 9.20. The van der Waals surface area contributed by atoms with Gasteiger partial charge in [0.2, 0.25) is 0 Å². The van der Waals surface area contributed by atoms with Crippen molar-refractivity contribution in [3.8, 4) is 0 Å². The quantitative estimate of drug-likeness (QED) is 0.851. The molecule has 0 aliphatic carbocycles. The Hall–Kier alpha value is -1.39. The standard InChI is InChI=1S/C14H17ClFN3/c1-2-5-17-13(9-14-18-6-7-19-14)10-3-4-11(15)12(16)8-10/h3-4,6-8,13,17H,2,5,9H2,1H3,(H,18,19). The van der Waals surface area contributed by atoms with Crippen molar-refractivity contribution in [2.24, 2.45) is 0 Å². The Kier molecular flexibility index (Phi) is 4.93. The molecule has 5 heteroatoms. The van der Waals surface area contributed by atoms with Gasteiger partial charge in [-0.05, 0) is 30.7 Å². The zero-order valence-electron chi connectivity index (χ0n) is 10.8. The number of aromatic nitrogens is 2. The van der Waals surface area contributed by atoms with E-state index in [1.165, 1.54) is 6.07 Å². The Morgan fingerprint density at radius 2 is 2.32 bits per heavy atom. The molecule has 3 nitrogen and oxygen atoms in total. The van der Waals surface area contributed by atoms with Crippen molar-refractivity contribution in [1.29, 1.82) is 0 Å². The summed E-state index contributed by atoms with van der Waals surface area (Å²) in [6, 6.07) is 4.95. The van der Waals surface area contributed by atoms with Gasteiger partial charge in [-0.2, -0.15) is 0 Å². The number of rotatable bonds is 6. The van der Waals surface area contributed by atoms with Crippen LogP contribution in [0.2, 0.25) is 5.02 Å². The molecule has 19 heavy (non-hydrogen) atoms. The molecule has 0 saturated carbocycles. The van der Waals surface area contributed by atoms with Crippen molar-refractivity contribution in [1.82, 2.24) is 15.3 Å². The number of hydrogen-bond donors (Lipinski definition) is 2. The fourth-order valence-corrected chi connectivity index (χ4v) is 2.08. The first-order valence-corrected chi connectivity index (χ1v) is 6.75. The van der Waals surface area contributed by atoms with Crippen molar-refractivity contribution in [2.45, 2.75) is 25.8 Å². The highest BCUT2D eigenvalue weighted by Crippen LogP contribution is 2.22. The molecular formula is C14H17ClFN3. The largest absolute Gasteiger partial charge is 0.349 e. The summed E-state index contributed by atoms with van der Waals surface area (Å²) in [5.41, 5.74) is 0.881. The lowest BCUT2D eigenvalue weighted by Crippen LogP contribution is -2.24. The minimum Gasteiger partial charge on any atom is -0.349 e. The Morgan fingerprint density at radius 1 is 1.47 bits per heavy atom. The Labute approximate surface area is 117 Å². The molecule has 0 aliphatic rings. The first-order valence-electron chi connectivity index (χ1n) is 6.37. The molecule has 102 valence electrons. The number of nitrogens with zero attached hydrogens (tertiary/aromatic N) is 1. The number of H-pyrrole nitrogens is 1. The van der Waals surface area contributed by atoms with Gasteiger partial charge in [0.15, 0.2) is 0 Å². The van der Waals surface area contributed by atoms with Crippen molar-refractivity contribution in [3.05, 3.63) is 52.8 Å². The zero-order valence-corrected chi connectivity index (χ0v) is 11.5. The molecule has 1 atom stereocenters. The normalized spacial score (nSPS) is 12.6. The van der Waals surface area contributed by atoms with Gasteiger partial charge in [0.1, 0.15) is 11.6 Å². The predicted octanol–water partition coefficient (Wildman–Crippen LogP) is 3.49. The highest BCUT2D eigenvalue weighted by atomic mass is 35.5. The maximum Gasteiger partial charge on any atom is 0.142 e. The van der Waals surface area contributed by atoms with Gasteiger partial charge in [0, 0.05) is 24.9 Å². The third-order valence-corrected chi connectivity index (χ3v) is 3.25. The van der Waals surface area contributed by atoms with Crippen molar-refractivity contribution >= 4 is 11.6 Å². The van der Waals surface area contributed by atoms with Crippen molar-refractivity contribution in [2.75, 3.05) is 6.54 Å². The van der Waals surface area contributed by atoms with Crippen LogP contribution in [-0.4, -0.2) is 16.5 Å². The van der Waals surface area contributed by atoms with E-state index < -0.39 is 0 Å². The number of aromatic amines is 1. The fraction of sp³-hybridized carbons (Fsp3) is 0.357. The van der Waals surface area contributed by atoms with E-state index in [2.05, 4.69) is 22.2 Å². The molecule has 0 aliphatic heterocycles. The van der Waals surface area contributed by atoms with Crippen LogP contribution < -0.4 is 5.32 Å². The molecule has 0 radical (unpaired) electrons. The first kappa shape index (κ1) is 14.0. The van der Waals surface area contributed by atoms with Gasteiger partial charge in [-0.25, -0.2) is 9.37 Å². The van der Waals surface area contributed by atoms with Gasteiger partial charge in [-0.1, -0.05) is 24.6 Å². The molecule has 0 spiro atoms. The summed E-state index contributed by atoms with van der Waals surface area (Å²) in [5, 5.41) is 3.55. The molecule has 2 aromatic rings. The van der Waals surface area contributed by atoms with Gasteiger partial charge in [0.25, 0.3) is 0 Å². The van der Waals surface area contributed by atoms with E-state index in [9.17, 15) is 4.39 Å². The highest BCUT2D eigenvalue weighted by molar-refractivity contribution is 6.30. The lowest BCUT2D eigenvalue weighted by molar-refractivity contribution is 0.516. The van der Waals surface area contributed by atoms with Crippen molar-refractivity contribution < 1.29 is 4.39 Å². The summed E-state index contributed by atoms with van der Waals surface area (Å²) >= 11 is 5.72. The molecular weight excluding hydrogens is 265 g/mol. The van der Waals surface area contributed by atoms with Crippen LogP contribution in [-0.2, 0) is 6.42 Å². The molecule has 2 N–H and O–H groups in total. The van der Waals surface area contributed by atoms with E-state index in [1.807, 2.05) is 6.07 Å². The Balaban J connectivity index is 2.18. The monoisotopic (exact) mass is 281 g/mol. The molecule has 2 rings (SSSR count). The zero-order chi connectivity index (χ0) is 13.7. The number of nitrogens with one attached hydrogen (secondary N) is 2. The summed E-state index contributed by atoms with van der Waals surface area (Å²) in [6.07, 6.45) is 5.21. The van der Waals surface area contributed by atoms with Gasteiger partial charge >= 0.3 is 0 Å². The van der Waals surface area contributed by atoms with E-state index in [0.717, 1.165) is 24.4 Å². The lowest BCUT2D eigenvalue weighted by atomic mass is 10.0. The van der Waals surface area contributed by atoms with Gasteiger partial charge in [0.05, 0.1) is 5.02 Å². The van der Waals surface area contributed by atoms with Crippen LogP contribution in [0.15, 0.2) is 30.6 Å². The second kappa shape index (κ2) is 6.68. The van der Waals surface area contributed by atoms with Crippen LogP contribution in [0.3, 0.4) is 0 Å². The van der Waals surface area contributed by atoms with Crippen LogP contribution >= 0.6 is 11.6 Å². The number of halogens is 2. The fourth-order valence-electron chi connectivity index (χ4n) is 1.96. The Bertz CT molecular complexity index is 513. The molecule has 0 saturated heterocycles. The van der Waals surface area contributed by atoms with Crippen LogP contribution in [0.25, 0.3) is 0 Å². The minimum absolute atomic E-state index is 0.0258. The molecule has 1 unspecified atom stereocenters. The van der Waals surface area contributed by atoms with E-state index in [1.54, 1.807) is 18.5 Å². The smallest absolute Gasteiger partial charge is 0.142 e. The topological polar surface area (TPSA) is 40.7 Å². The van der Waals surface area contributed by atoms with Gasteiger partial charge < -0.3 is 10.3 Å². The number of hydrogen-bond acceptors (Lipinski definition) is 2. The summed E-state index contributed by atoms with van der Waals surface area (Å²) < 4.78 is 13.6. The maximum absolute atomic E-state index is 13.6. The average molecular weight is 282 g/mol. The lowest BCUT2D eigenvalue weighted by Gasteiger charge is -2.18. The van der Waals surface area contributed by atoms with E-state index in [0.29, 0.717) is 6.42 Å². The third-order valence-electron chi connectivity index (χ3n) is 2.94. The predicted molar refractivity (Wildman–Crippen MR) is 74.7 cm³/mol. The molecule has 1 aromatic carbocycles. The van der Waals surface area contributed by atoms with Crippen LogP contribution in [0.1, 0.15) is 30.8 Å². The van der Waals surface area contributed by atoms with Crippen molar-refractivity contribution in [3.63, 3.8) is 0 Å². The molecule has 0 bridgehead atoms. The maximum atomic E-state index is 13.6. The van der Waals surface area contributed by atoms with E-state index in [-0.39, 0.29) is 16.9 Å². The minimum atomic E-state index is -0.387. The van der Waals surface area contributed by atoms with Gasteiger partial charge in [-0.3, -0.25) is 0 Å². The van der Waals surface area contributed by atoms with Crippen LogP contribution in [0.4, 0.5) is 4.39 Å². The number of imidazole rings is 1. The summed E-state index contributed by atoms with van der Waals surface area (Å²) in [5.74, 6) is 0.492. The summed E-state index contributed by atoms with van der Waals surface area (Å²) in [6.45, 7) is 2.97. The molecule has 1 aromatic heterocycles. The molecule has 0 amide bonds. The van der Waals surface area contributed by atoms with E-state index in [4.69, 9.17) is 11.6 Å².